The first kappa shape index (κ1) is 11.0. The summed E-state index contributed by atoms with van der Waals surface area (Å²) in [6.07, 6.45) is 0. The minimum absolute atomic E-state index is 0.00787. The van der Waals surface area contributed by atoms with Crippen LogP contribution in [0.15, 0.2) is 24.3 Å². The maximum atomic E-state index is 10.9. The van der Waals surface area contributed by atoms with Crippen molar-refractivity contribution in [2.75, 3.05) is 5.75 Å². The molecule has 2 atom stereocenters. The van der Waals surface area contributed by atoms with Crippen LogP contribution in [-0.4, -0.2) is 27.9 Å². The number of thioether (sulfide) groups is 1. The number of nitrogens with zero attached hydrogens (tertiary/aromatic N) is 1. The summed E-state index contributed by atoms with van der Waals surface area (Å²) in [6, 6.07) is 7.49. The van der Waals surface area contributed by atoms with Gasteiger partial charge in [-0.2, -0.15) is 0 Å². The van der Waals surface area contributed by atoms with Gasteiger partial charge in [0.25, 0.3) is 0 Å². The zero-order valence-electron chi connectivity index (χ0n) is 8.79. The van der Waals surface area contributed by atoms with Crippen molar-refractivity contribution in [3.8, 4) is 0 Å². The van der Waals surface area contributed by atoms with Crippen LogP contribution in [0.1, 0.15) is 10.4 Å². The van der Waals surface area contributed by atoms with Crippen LogP contribution in [-0.2, 0) is 4.79 Å². The second-order valence-corrected chi connectivity index (χ2v) is 5.99. The number of nitrogens with one attached hydrogen (secondary N) is 1. The van der Waals surface area contributed by atoms with E-state index >= 15 is 0 Å². The van der Waals surface area contributed by atoms with E-state index in [0.29, 0.717) is 5.75 Å². The van der Waals surface area contributed by atoms with Crippen molar-refractivity contribution in [2.24, 2.45) is 0 Å². The number of aliphatic carboxylic acids is 1. The quantitative estimate of drug-likeness (QED) is 0.871. The molecule has 1 fully saturated rings. The molecule has 1 aliphatic rings. The number of para-hydroxylation sites is 1. The monoisotopic (exact) mass is 266 g/mol. The average Bonchev–Trinajstić information content (AvgIpc) is 2.95. The largest absolute Gasteiger partial charge is 0.480 e. The van der Waals surface area contributed by atoms with Crippen molar-refractivity contribution >= 4 is 39.3 Å². The van der Waals surface area contributed by atoms with Gasteiger partial charge >= 0.3 is 5.97 Å². The van der Waals surface area contributed by atoms with Gasteiger partial charge in [-0.15, -0.1) is 23.1 Å². The molecule has 2 aromatic rings. The Hall–Kier alpha value is -1.11. The predicted octanol–water partition coefficient (Wildman–Crippen LogP) is 2.08. The van der Waals surface area contributed by atoms with Crippen LogP contribution >= 0.6 is 23.1 Å². The fraction of sp³-hybridized carbons (Fsp3) is 0.273. The SMILES string of the molecule is O=C(O)C1CSC(c2nc3ccccc3s2)N1. The van der Waals surface area contributed by atoms with Crippen molar-refractivity contribution in [3.63, 3.8) is 0 Å². The van der Waals surface area contributed by atoms with E-state index in [2.05, 4.69) is 10.3 Å². The van der Waals surface area contributed by atoms with E-state index in [4.69, 9.17) is 5.11 Å². The van der Waals surface area contributed by atoms with Gasteiger partial charge in [-0.3, -0.25) is 10.1 Å². The van der Waals surface area contributed by atoms with E-state index in [1.807, 2.05) is 24.3 Å². The molecule has 17 heavy (non-hydrogen) atoms. The normalized spacial score (nSPS) is 24.2. The molecule has 6 heteroatoms. The third-order valence-corrected chi connectivity index (χ3v) is 5.08. The van der Waals surface area contributed by atoms with E-state index in [1.54, 1.807) is 23.1 Å². The second-order valence-electron chi connectivity index (χ2n) is 3.79. The Balaban J connectivity index is 1.87. The van der Waals surface area contributed by atoms with Crippen LogP contribution in [0.25, 0.3) is 10.2 Å². The topological polar surface area (TPSA) is 62.2 Å². The van der Waals surface area contributed by atoms with Crippen LogP contribution in [0.3, 0.4) is 0 Å². The summed E-state index contributed by atoms with van der Waals surface area (Å²) >= 11 is 3.22. The third kappa shape index (κ3) is 2.03. The molecule has 0 aliphatic carbocycles. The van der Waals surface area contributed by atoms with Gasteiger partial charge in [-0.1, -0.05) is 12.1 Å². The van der Waals surface area contributed by atoms with Gasteiger partial charge in [-0.25, -0.2) is 4.98 Å². The molecule has 2 unspecified atom stereocenters. The molecule has 3 rings (SSSR count). The van der Waals surface area contributed by atoms with Crippen molar-refractivity contribution < 1.29 is 9.90 Å². The lowest BCUT2D eigenvalue weighted by Crippen LogP contribution is -2.33. The maximum absolute atomic E-state index is 10.9. The number of rotatable bonds is 2. The van der Waals surface area contributed by atoms with Crippen molar-refractivity contribution in [1.82, 2.24) is 10.3 Å². The number of hydrogen-bond donors (Lipinski definition) is 2. The Morgan fingerprint density at radius 1 is 1.47 bits per heavy atom. The Bertz CT molecular complexity index is 536. The van der Waals surface area contributed by atoms with Crippen LogP contribution in [0.5, 0.6) is 0 Å². The number of fused-ring (bicyclic) bond motifs is 1. The van der Waals surface area contributed by atoms with Crippen LogP contribution in [0, 0.1) is 0 Å². The van der Waals surface area contributed by atoms with Gasteiger partial charge in [0.05, 0.1) is 10.2 Å². The van der Waals surface area contributed by atoms with Gasteiger partial charge in [0, 0.05) is 5.75 Å². The van der Waals surface area contributed by atoms with Crippen LogP contribution in [0.2, 0.25) is 0 Å². The zero-order valence-corrected chi connectivity index (χ0v) is 10.4. The highest BCUT2D eigenvalue weighted by molar-refractivity contribution is 7.99. The summed E-state index contributed by atoms with van der Waals surface area (Å²) in [5.74, 6) is -0.197. The Morgan fingerprint density at radius 3 is 3.00 bits per heavy atom. The molecule has 2 N–H and O–H groups in total. The molecule has 0 radical (unpaired) electrons. The number of benzene rings is 1. The van der Waals surface area contributed by atoms with Crippen LogP contribution in [0.4, 0.5) is 0 Å². The Kier molecular flexibility index (Phi) is 2.78. The molecular formula is C11H10N2O2S2. The smallest absolute Gasteiger partial charge is 0.321 e. The number of thiazole rings is 1. The van der Waals surface area contributed by atoms with E-state index in [1.165, 1.54) is 0 Å². The fourth-order valence-corrected chi connectivity index (χ4v) is 4.10. The van der Waals surface area contributed by atoms with Crippen molar-refractivity contribution in [1.29, 1.82) is 0 Å². The molecular weight excluding hydrogens is 256 g/mol. The number of carboxylic acid groups (broad SMARTS) is 1. The standard InChI is InChI=1S/C11H10N2O2S2/c14-11(15)7-5-16-9(13-7)10-12-6-3-1-2-4-8(6)17-10/h1-4,7,9,13H,5H2,(H,14,15). The first-order chi connectivity index (χ1) is 8.24. The highest BCUT2D eigenvalue weighted by atomic mass is 32.2. The predicted molar refractivity (Wildman–Crippen MR) is 69.4 cm³/mol. The molecule has 1 saturated heterocycles. The molecule has 1 aromatic carbocycles. The lowest BCUT2D eigenvalue weighted by atomic mass is 10.3. The molecule has 4 nitrogen and oxygen atoms in total. The highest BCUT2D eigenvalue weighted by Gasteiger charge is 2.31. The van der Waals surface area contributed by atoms with Gasteiger partial charge in [0.1, 0.15) is 16.4 Å². The first-order valence-electron chi connectivity index (χ1n) is 5.20. The molecule has 0 amide bonds. The number of carboxylic acids is 1. The van der Waals surface area contributed by atoms with E-state index in [0.717, 1.165) is 15.2 Å². The van der Waals surface area contributed by atoms with Gasteiger partial charge in [0.2, 0.25) is 0 Å². The molecule has 88 valence electrons. The summed E-state index contributed by atoms with van der Waals surface area (Å²) < 4.78 is 1.14. The summed E-state index contributed by atoms with van der Waals surface area (Å²) in [5.41, 5.74) is 0.980. The Labute approximate surface area is 106 Å². The minimum Gasteiger partial charge on any atom is -0.480 e. The summed E-state index contributed by atoms with van der Waals surface area (Å²) in [7, 11) is 0. The second kappa shape index (κ2) is 4.29. The first-order valence-corrected chi connectivity index (χ1v) is 7.06. The lowest BCUT2D eigenvalue weighted by molar-refractivity contribution is -0.138. The number of hydrogen-bond acceptors (Lipinski definition) is 5. The number of carbonyl (C=O) groups is 1. The molecule has 0 spiro atoms. The summed E-state index contributed by atoms with van der Waals surface area (Å²) in [5, 5.41) is 13.0. The molecule has 1 aromatic heterocycles. The minimum atomic E-state index is -0.791. The molecule has 0 saturated carbocycles. The number of aromatic nitrogens is 1. The fourth-order valence-electron chi connectivity index (χ4n) is 1.76. The average molecular weight is 266 g/mol. The molecule has 1 aliphatic heterocycles. The zero-order chi connectivity index (χ0) is 11.8. The van der Waals surface area contributed by atoms with Crippen molar-refractivity contribution in [3.05, 3.63) is 29.3 Å². The Morgan fingerprint density at radius 2 is 2.29 bits per heavy atom. The highest BCUT2D eigenvalue weighted by Crippen LogP contribution is 2.36. The maximum Gasteiger partial charge on any atom is 0.321 e. The molecule has 0 bridgehead atoms. The van der Waals surface area contributed by atoms with E-state index in [-0.39, 0.29) is 5.37 Å². The molecule has 2 heterocycles. The van der Waals surface area contributed by atoms with Gasteiger partial charge in [0.15, 0.2) is 0 Å². The summed E-state index contributed by atoms with van der Waals surface area (Å²) in [4.78, 5) is 15.4. The van der Waals surface area contributed by atoms with Crippen molar-refractivity contribution in [2.45, 2.75) is 11.4 Å². The third-order valence-electron chi connectivity index (χ3n) is 2.61. The van der Waals surface area contributed by atoms with E-state index < -0.39 is 12.0 Å². The summed E-state index contributed by atoms with van der Waals surface area (Å²) in [6.45, 7) is 0. The van der Waals surface area contributed by atoms with Crippen LogP contribution < -0.4 is 5.32 Å². The lowest BCUT2D eigenvalue weighted by Gasteiger charge is -2.06. The van der Waals surface area contributed by atoms with Gasteiger partial charge < -0.3 is 5.11 Å². The van der Waals surface area contributed by atoms with Gasteiger partial charge in [-0.05, 0) is 12.1 Å². The van der Waals surface area contributed by atoms with E-state index in [9.17, 15) is 4.79 Å².